The lowest BCUT2D eigenvalue weighted by Crippen LogP contribution is -2.35. The maximum atomic E-state index is 12.9. The Kier molecular flexibility index (Phi) is 13.3. The van der Waals surface area contributed by atoms with Gasteiger partial charge in [-0.2, -0.15) is 0 Å². The summed E-state index contributed by atoms with van der Waals surface area (Å²) in [6, 6.07) is 8.74. The van der Waals surface area contributed by atoms with Crippen LogP contribution in [-0.2, 0) is 28.9 Å². The van der Waals surface area contributed by atoms with Crippen LogP contribution in [0.1, 0.15) is 30.0 Å². The number of amides is 2. The number of fused-ring (bicyclic) bond motifs is 1. The van der Waals surface area contributed by atoms with Crippen molar-refractivity contribution in [3.05, 3.63) is 57.1 Å². The van der Waals surface area contributed by atoms with Gasteiger partial charge in [-0.15, -0.1) is 24.8 Å². The number of anilines is 1. The van der Waals surface area contributed by atoms with E-state index in [1.807, 2.05) is 24.1 Å². The Morgan fingerprint density at radius 1 is 1.11 bits per heavy atom. The highest BCUT2D eigenvalue weighted by Crippen LogP contribution is 2.32. The minimum Gasteiger partial charge on any atom is -0.493 e. The minimum absolute atomic E-state index is 0. The second-order valence-electron chi connectivity index (χ2n) is 8.98. The Morgan fingerprint density at radius 2 is 1.76 bits per heavy atom. The van der Waals surface area contributed by atoms with E-state index in [-0.39, 0.29) is 48.0 Å². The van der Waals surface area contributed by atoms with Crippen LogP contribution in [-0.4, -0.2) is 74.0 Å². The number of carbonyl (C=O) groups excluding carboxylic acids is 2. The maximum absolute atomic E-state index is 12.9. The van der Waals surface area contributed by atoms with E-state index in [0.717, 1.165) is 42.6 Å². The second kappa shape index (κ2) is 15.4. The fourth-order valence-corrected chi connectivity index (χ4v) is 4.39. The van der Waals surface area contributed by atoms with E-state index in [1.54, 1.807) is 26.4 Å². The lowest BCUT2D eigenvalue weighted by atomic mass is 10.0. The Labute approximate surface area is 235 Å². The molecule has 0 fully saturated rings. The zero-order chi connectivity index (χ0) is 26.2. The molecule has 210 valence electrons. The average Bonchev–Trinajstić information content (AvgIpc) is 2.99. The molecule has 12 heteroatoms. The van der Waals surface area contributed by atoms with Crippen LogP contribution >= 0.6 is 24.8 Å². The molecule has 0 unspecified atom stereocenters. The highest BCUT2D eigenvalue weighted by Gasteiger charge is 2.22. The Balaban J connectivity index is 0.00000361. The van der Waals surface area contributed by atoms with Crippen molar-refractivity contribution >= 4 is 48.0 Å². The summed E-state index contributed by atoms with van der Waals surface area (Å²) >= 11 is 0. The third kappa shape index (κ3) is 8.75. The summed E-state index contributed by atoms with van der Waals surface area (Å²) in [5.74, 6) is 1.06. The summed E-state index contributed by atoms with van der Waals surface area (Å²) in [7, 11) is 5.20. The van der Waals surface area contributed by atoms with Crippen LogP contribution in [0.2, 0.25) is 0 Å². The van der Waals surface area contributed by atoms with E-state index in [4.69, 9.17) is 9.47 Å². The number of rotatable bonds is 11. The first-order valence-corrected chi connectivity index (χ1v) is 12.0. The molecule has 0 spiro atoms. The van der Waals surface area contributed by atoms with Gasteiger partial charge < -0.3 is 24.6 Å². The second-order valence-corrected chi connectivity index (χ2v) is 8.98. The van der Waals surface area contributed by atoms with E-state index >= 15 is 0 Å². The van der Waals surface area contributed by atoms with Crippen LogP contribution < -0.4 is 14.8 Å². The maximum Gasteiger partial charge on any atom is 0.293 e. The van der Waals surface area contributed by atoms with Gasteiger partial charge >= 0.3 is 0 Å². The number of benzene rings is 2. The first-order chi connectivity index (χ1) is 17.2. The SMILES string of the molecule is COc1cc2c(cc1OC)CC(=O)N(CCCN(C)CCc1ccc(NC(C)=O)c([N+](=O)[O-])c1)CC2.Cl.Cl. The fourth-order valence-electron chi connectivity index (χ4n) is 4.39. The van der Waals surface area contributed by atoms with Crippen molar-refractivity contribution in [1.29, 1.82) is 0 Å². The molecule has 3 rings (SSSR count). The van der Waals surface area contributed by atoms with Gasteiger partial charge in [-0.1, -0.05) is 6.07 Å². The molecule has 2 amide bonds. The average molecular weight is 572 g/mol. The molecule has 1 heterocycles. The summed E-state index contributed by atoms with van der Waals surface area (Å²) in [5, 5.41) is 13.9. The van der Waals surface area contributed by atoms with E-state index in [1.165, 1.54) is 13.0 Å². The quantitative estimate of drug-likeness (QED) is 0.321. The zero-order valence-corrected chi connectivity index (χ0v) is 23.8. The van der Waals surface area contributed by atoms with Crippen molar-refractivity contribution < 1.29 is 24.0 Å². The van der Waals surface area contributed by atoms with Crippen molar-refractivity contribution in [2.75, 3.05) is 52.8 Å². The largest absolute Gasteiger partial charge is 0.493 e. The van der Waals surface area contributed by atoms with Crippen molar-refractivity contribution in [2.45, 2.75) is 32.6 Å². The van der Waals surface area contributed by atoms with Gasteiger partial charge in [-0.3, -0.25) is 19.7 Å². The topological polar surface area (TPSA) is 114 Å². The number of halogens is 2. The van der Waals surface area contributed by atoms with Crippen molar-refractivity contribution in [3.63, 3.8) is 0 Å². The van der Waals surface area contributed by atoms with Crippen LogP contribution in [0.3, 0.4) is 0 Å². The molecule has 2 aromatic carbocycles. The lowest BCUT2D eigenvalue weighted by molar-refractivity contribution is -0.384. The molecule has 1 aliphatic rings. The molecule has 2 aromatic rings. The molecule has 0 atom stereocenters. The Morgan fingerprint density at radius 3 is 2.37 bits per heavy atom. The monoisotopic (exact) mass is 570 g/mol. The number of nitro groups is 1. The minimum atomic E-state index is -0.485. The number of nitro benzene ring substituents is 1. The van der Waals surface area contributed by atoms with Crippen LogP contribution in [0, 0.1) is 10.1 Å². The molecule has 0 aliphatic carbocycles. The first-order valence-electron chi connectivity index (χ1n) is 12.0. The third-order valence-electron chi connectivity index (χ3n) is 6.37. The van der Waals surface area contributed by atoms with Crippen LogP contribution in [0.25, 0.3) is 0 Å². The van der Waals surface area contributed by atoms with Crippen LogP contribution in [0.4, 0.5) is 11.4 Å². The van der Waals surface area contributed by atoms with Gasteiger partial charge in [0.2, 0.25) is 11.8 Å². The molecule has 1 aliphatic heterocycles. The summed E-state index contributed by atoms with van der Waals surface area (Å²) in [6.07, 6.45) is 2.58. The van der Waals surface area contributed by atoms with Gasteiger partial charge in [0.15, 0.2) is 11.5 Å². The van der Waals surface area contributed by atoms with Crippen molar-refractivity contribution in [3.8, 4) is 11.5 Å². The fraction of sp³-hybridized carbons (Fsp3) is 0.462. The Hall–Kier alpha value is -3.08. The van der Waals surface area contributed by atoms with Crippen LogP contribution in [0.15, 0.2) is 30.3 Å². The summed E-state index contributed by atoms with van der Waals surface area (Å²) in [5.41, 5.74) is 3.01. The molecule has 0 bridgehead atoms. The van der Waals surface area contributed by atoms with Gasteiger partial charge in [0.25, 0.3) is 5.69 Å². The number of carbonyl (C=O) groups is 2. The highest BCUT2D eigenvalue weighted by atomic mass is 35.5. The molecule has 1 N–H and O–H groups in total. The zero-order valence-electron chi connectivity index (χ0n) is 22.2. The number of hydrogen-bond donors (Lipinski definition) is 1. The summed E-state index contributed by atoms with van der Waals surface area (Å²) in [4.78, 5) is 39.1. The summed E-state index contributed by atoms with van der Waals surface area (Å²) < 4.78 is 10.8. The number of hydrogen-bond acceptors (Lipinski definition) is 7. The standard InChI is InChI=1S/C26H34N4O6.2ClH/c1-18(31)27-22-7-6-19(14-23(22)30(33)34)8-12-28(2)10-5-11-29-13-9-20-15-24(35-3)25(36-4)16-21(20)17-26(29)32;;/h6-7,14-16H,5,8-13,17H2,1-4H3,(H,27,31);2*1H. The lowest BCUT2D eigenvalue weighted by Gasteiger charge is -2.23. The number of likely N-dealkylation sites (N-methyl/N-ethyl adjacent to an activating group) is 1. The molecule has 0 saturated carbocycles. The number of nitrogens with zero attached hydrogens (tertiary/aromatic N) is 3. The number of ether oxygens (including phenoxy) is 2. The molecule has 10 nitrogen and oxygen atoms in total. The highest BCUT2D eigenvalue weighted by molar-refractivity contribution is 5.91. The predicted octanol–water partition coefficient (Wildman–Crippen LogP) is 3.91. The molecule has 0 saturated heterocycles. The Bertz CT molecular complexity index is 1130. The van der Waals surface area contributed by atoms with E-state index in [0.29, 0.717) is 37.4 Å². The van der Waals surface area contributed by atoms with E-state index in [2.05, 4.69) is 10.2 Å². The molecular weight excluding hydrogens is 535 g/mol. The normalized spacial score (nSPS) is 12.6. The van der Waals surface area contributed by atoms with Crippen molar-refractivity contribution in [2.24, 2.45) is 0 Å². The third-order valence-corrected chi connectivity index (χ3v) is 6.37. The van der Waals surface area contributed by atoms with Gasteiger partial charge in [0.05, 0.1) is 25.6 Å². The first kappa shape index (κ1) is 32.9. The van der Waals surface area contributed by atoms with Crippen LogP contribution in [0.5, 0.6) is 11.5 Å². The van der Waals surface area contributed by atoms with E-state index in [9.17, 15) is 19.7 Å². The molecular formula is C26H36Cl2N4O6. The molecule has 0 radical (unpaired) electrons. The van der Waals surface area contributed by atoms with Gasteiger partial charge in [0.1, 0.15) is 5.69 Å². The van der Waals surface area contributed by atoms with E-state index < -0.39 is 4.92 Å². The molecule has 38 heavy (non-hydrogen) atoms. The van der Waals surface area contributed by atoms with Crippen molar-refractivity contribution in [1.82, 2.24) is 9.80 Å². The van der Waals surface area contributed by atoms with Gasteiger partial charge in [-0.25, -0.2) is 0 Å². The van der Waals surface area contributed by atoms with Gasteiger partial charge in [0, 0.05) is 32.6 Å². The number of nitrogens with one attached hydrogen (secondary N) is 1. The van der Waals surface area contributed by atoms with Gasteiger partial charge in [-0.05, 0) is 67.7 Å². The smallest absolute Gasteiger partial charge is 0.293 e. The predicted molar refractivity (Wildman–Crippen MR) is 151 cm³/mol. The molecule has 0 aromatic heterocycles. The number of methoxy groups -OCH3 is 2. The summed E-state index contributed by atoms with van der Waals surface area (Å²) in [6.45, 7) is 4.16.